The molecule has 4 heteroatoms. The lowest BCUT2D eigenvalue weighted by Crippen LogP contribution is -3.18. The van der Waals surface area contributed by atoms with Crippen LogP contribution in [0.5, 0.6) is 0 Å². The maximum atomic E-state index is 11.3. The van der Waals surface area contributed by atoms with E-state index >= 15 is 0 Å². The van der Waals surface area contributed by atoms with Crippen LogP contribution in [0.15, 0.2) is 0 Å². The van der Waals surface area contributed by atoms with E-state index in [1.54, 1.807) is 4.90 Å². The minimum absolute atomic E-state index is 0.479. The smallest absolute Gasteiger partial charge is 0.334 e. The molecule has 0 aromatic carbocycles. The lowest BCUT2D eigenvalue weighted by Gasteiger charge is -2.41. The first-order valence-electron chi connectivity index (χ1n) is 6.88. The average molecular weight is 242 g/mol. The van der Waals surface area contributed by atoms with Gasteiger partial charge in [-0.05, 0) is 39.0 Å². The molecular formula is C13H24NO3+. The summed E-state index contributed by atoms with van der Waals surface area (Å²) in [5.41, 5.74) is 0. The van der Waals surface area contributed by atoms with Crippen molar-refractivity contribution in [2.24, 2.45) is 5.92 Å². The van der Waals surface area contributed by atoms with Crippen LogP contribution in [0.3, 0.4) is 0 Å². The molecule has 0 saturated carbocycles. The molecule has 2 rings (SSSR count). The van der Waals surface area contributed by atoms with Crippen LogP contribution in [0.2, 0.25) is 0 Å². The zero-order valence-corrected chi connectivity index (χ0v) is 10.7. The van der Waals surface area contributed by atoms with Crippen LogP contribution >= 0.6 is 0 Å². The highest BCUT2D eigenvalue weighted by Gasteiger charge is 2.37. The summed E-state index contributed by atoms with van der Waals surface area (Å²) < 4.78 is 5.19. The molecule has 2 saturated heterocycles. The molecule has 2 N–H and O–H groups in total. The molecule has 2 heterocycles. The number of aliphatic hydroxyl groups excluding tert-OH is 1. The molecule has 98 valence electrons. The van der Waals surface area contributed by atoms with Crippen LogP contribution in [0.4, 0.5) is 0 Å². The number of piperidine rings is 2. The van der Waals surface area contributed by atoms with E-state index in [-0.39, 0.29) is 0 Å². The highest BCUT2D eigenvalue weighted by atomic mass is 16.5. The summed E-state index contributed by atoms with van der Waals surface area (Å²) >= 11 is 0. The Balaban J connectivity index is 1.84. The molecular weight excluding hydrogens is 218 g/mol. The lowest BCUT2D eigenvalue weighted by molar-refractivity contribution is -0.940. The Morgan fingerprint density at radius 2 is 2.12 bits per heavy atom. The van der Waals surface area contributed by atoms with Crippen LogP contribution in [-0.4, -0.2) is 42.9 Å². The largest absolute Gasteiger partial charge is 0.463 e. The molecule has 0 aromatic heterocycles. The molecule has 0 spiro atoms. The molecule has 0 aliphatic carbocycles. The number of rotatable bonds is 3. The number of aliphatic hydroxyl groups is 1. The topological polar surface area (TPSA) is 51.0 Å². The number of nitrogens with one attached hydrogen (secondary N) is 1. The van der Waals surface area contributed by atoms with Gasteiger partial charge in [0.25, 0.3) is 0 Å². The standard InChI is InChI=1S/C13H23NO3/c1-10(15)13(16)17-9-11-5-4-8-14-7-3-2-6-12(11)14/h10-12,15H,2-9H2,1H3/p+1/t10-,11-,12-/m0/s1. The number of fused-ring (bicyclic) bond motifs is 1. The number of carbonyl (C=O) groups is 1. The summed E-state index contributed by atoms with van der Waals surface area (Å²) in [6.07, 6.45) is 5.34. The van der Waals surface area contributed by atoms with E-state index in [2.05, 4.69) is 0 Å². The van der Waals surface area contributed by atoms with E-state index in [0.29, 0.717) is 18.6 Å². The molecule has 0 bridgehead atoms. The summed E-state index contributed by atoms with van der Waals surface area (Å²) in [7, 11) is 0. The van der Waals surface area contributed by atoms with E-state index in [1.165, 1.54) is 52.1 Å². The fraction of sp³-hybridized carbons (Fsp3) is 0.923. The Morgan fingerprint density at radius 3 is 2.88 bits per heavy atom. The SMILES string of the molecule is C[C@H](O)C(=O)OC[C@@H]1CCC[NH+]2CCCC[C@@H]12. The van der Waals surface area contributed by atoms with Gasteiger partial charge in [-0.1, -0.05) is 0 Å². The summed E-state index contributed by atoms with van der Waals surface area (Å²) in [5, 5.41) is 9.10. The number of hydrogen-bond acceptors (Lipinski definition) is 3. The number of carbonyl (C=O) groups excluding carboxylic acids is 1. The van der Waals surface area contributed by atoms with Gasteiger partial charge in [-0.2, -0.15) is 0 Å². The van der Waals surface area contributed by atoms with Crippen LogP contribution in [-0.2, 0) is 9.53 Å². The van der Waals surface area contributed by atoms with E-state index in [0.717, 1.165) is 0 Å². The Kier molecular flexibility index (Phi) is 4.40. The first kappa shape index (κ1) is 12.8. The summed E-state index contributed by atoms with van der Waals surface area (Å²) in [5.74, 6) is 0.0229. The molecule has 4 atom stereocenters. The van der Waals surface area contributed by atoms with Crippen molar-refractivity contribution in [1.82, 2.24) is 0 Å². The molecule has 17 heavy (non-hydrogen) atoms. The minimum Gasteiger partial charge on any atom is -0.463 e. The maximum Gasteiger partial charge on any atom is 0.334 e. The van der Waals surface area contributed by atoms with Gasteiger partial charge in [-0.25, -0.2) is 4.79 Å². The Morgan fingerprint density at radius 1 is 1.35 bits per heavy atom. The fourth-order valence-electron chi connectivity index (χ4n) is 3.29. The second-order valence-electron chi connectivity index (χ2n) is 5.47. The van der Waals surface area contributed by atoms with Crippen LogP contribution < -0.4 is 4.90 Å². The van der Waals surface area contributed by atoms with Crippen LogP contribution in [0.1, 0.15) is 39.0 Å². The zero-order valence-electron chi connectivity index (χ0n) is 10.7. The Bertz CT molecular complexity index is 265. The lowest BCUT2D eigenvalue weighted by atomic mass is 9.84. The maximum absolute atomic E-state index is 11.3. The third kappa shape index (κ3) is 3.19. The molecule has 0 aromatic rings. The second kappa shape index (κ2) is 5.83. The van der Waals surface area contributed by atoms with Gasteiger partial charge >= 0.3 is 5.97 Å². The van der Waals surface area contributed by atoms with Crippen LogP contribution in [0, 0.1) is 5.92 Å². The van der Waals surface area contributed by atoms with Gasteiger partial charge < -0.3 is 14.7 Å². The highest BCUT2D eigenvalue weighted by Crippen LogP contribution is 2.20. The van der Waals surface area contributed by atoms with Gasteiger partial charge in [0.05, 0.1) is 25.7 Å². The fourth-order valence-corrected chi connectivity index (χ4v) is 3.29. The van der Waals surface area contributed by atoms with Gasteiger partial charge in [-0.3, -0.25) is 0 Å². The van der Waals surface area contributed by atoms with Gasteiger partial charge in [0.2, 0.25) is 0 Å². The average Bonchev–Trinajstić information content (AvgIpc) is 2.35. The molecule has 4 nitrogen and oxygen atoms in total. The van der Waals surface area contributed by atoms with E-state index in [9.17, 15) is 4.79 Å². The number of ether oxygens (including phenoxy) is 1. The number of esters is 1. The van der Waals surface area contributed by atoms with Crippen molar-refractivity contribution in [3.63, 3.8) is 0 Å². The van der Waals surface area contributed by atoms with Crippen molar-refractivity contribution < 1.29 is 19.5 Å². The van der Waals surface area contributed by atoms with Crippen molar-refractivity contribution in [3.05, 3.63) is 0 Å². The summed E-state index contributed by atoms with van der Waals surface area (Å²) in [6, 6.07) is 0.680. The van der Waals surface area contributed by atoms with E-state index in [4.69, 9.17) is 9.84 Å². The van der Waals surface area contributed by atoms with Gasteiger partial charge in [0.15, 0.2) is 0 Å². The Labute approximate surface area is 103 Å². The zero-order chi connectivity index (χ0) is 12.3. The minimum atomic E-state index is -0.992. The molecule has 2 aliphatic rings. The third-order valence-electron chi connectivity index (χ3n) is 4.21. The molecule has 2 aliphatic heterocycles. The quantitative estimate of drug-likeness (QED) is 0.672. The first-order valence-corrected chi connectivity index (χ1v) is 6.88. The number of quaternary nitrogens is 1. The normalized spacial score (nSPS) is 34.8. The number of hydrogen-bond donors (Lipinski definition) is 2. The van der Waals surface area contributed by atoms with Gasteiger partial charge in [0, 0.05) is 5.92 Å². The molecule has 0 radical (unpaired) electrons. The highest BCUT2D eigenvalue weighted by molar-refractivity contribution is 5.73. The molecule has 1 unspecified atom stereocenters. The summed E-state index contributed by atoms with van der Waals surface area (Å²) in [4.78, 5) is 13.0. The van der Waals surface area contributed by atoms with Crippen molar-refractivity contribution in [1.29, 1.82) is 0 Å². The van der Waals surface area contributed by atoms with E-state index < -0.39 is 12.1 Å². The third-order valence-corrected chi connectivity index (χ3v) is 4.21. The van der Waals surface area contributed by atoms with Gasteiger partial charge in [0.1, 0.15) is 6.10 Å². The van der Waals surface area contributed by atoms with Crippen molar-refractivity contribution in [2.75, 3.05) is 19.7 Å². The van der Waals surface area contributed by atoms with Crippen molar-refractivity contribution >= 4 is 5.97 Å². The molecule has 0 amide bonds. The van der Waals surface area contributed by atoms with Gasteiger partial charge in [-0.15, -0.1) is 0 Å². The second-order valence-corrected chi connectivity index (χ2v) is 5.47. The van der Waals surface area contributed by atoms with Crippen molar-refractivity contribution in [2.45, 2.75) is 51.2 Å². The van der Waals surface area contributed by atoms with Crippen molar-refractivity contribution in [3.8, 4) is 0 Å². The first-order chi connectivity index (χ1) is 8.18. The summed E-state index contributed by atoms with van der Waals surface area (Å²) in [6.45, 7) is 4.52. The monoisotopic (exact) mass is 242 g/mol. The predicted molar refractivity (Wildman–Crippen MR) is 63.7 cm³/mol. The predicted octanol–water partition coefficient (Wildman–Crippen LogP) is -0.242. The van der Waals surface area contributed by atoms with E-state index in [1.807, 2.05) is 0 Å². The molecule has 2 fully saturated rings. The Hall–Kier alpha value is -0.610. The van der Waals surface area contributed by atoms with Crippen LogP contribution in [0.25, 0.3) is 0 Å².